The van der Waals surface area contributed by atoms with Crippen molar-refractivity contribution in [2.75, 3.05) is 19.6 Å². The molecule has 2 N–H and O–H groups in total. The molecule has 0 radical (unpaired) electrons. The molecule has 1 atom stereocenters. The summed E-state index contributed by atoms with van der Waals surface area (Å²) in [6.07, 6.45) is 0.486. The summed E-state index contributed by atoms with van der Waals surface area (Å²) >= 11 is 0. The van der Waals surface area contributed by atoms with Crippen molar-refractivity contribution in [2.24, 2.45) is 5.41 Å². The molecule has 76 valence electrons. The van der Waals surface area contributed by atoms with Gasteiger partial charge in [-0.2, -0.15) is 0 Å². The van der Waals surface area contributed by atoms with Gasteiger partial charge >= 0.3 is 5.97 Å². The van der Waals surface area contributed by atoms with Crippen molar-refractivity contribution in [1.82, 2.24) is 4.90 Å². The molecule has 0 aromatic heterocycles. The normalized spacial score (nSPS) is 25.0. The van der Waals surface area contributed by atoms with Crippen molar-refractivity contribution in [1.29, 1.82) is 0 Å². The Bertz CT molecular complexity index is 203. The van der Waals surface area contributed by atoms with Crippen LogP contribution in [-0.2, 0) is 4.79 Å². The minimum Gasteiger partial charge on any atom is -0.481 e. The second-order valence-electron chi connectivity index (χ2n) is 4.37. The lowest BCUT2D eigenvalue weighted by molar-refractivity contribution is -0.147. The summed E-state index contributed by atoms with van der Waals surface area (Å²) in [6, 6.07) is 0. The Kier molecular flexibility index (Phi) is 2.93. The van der Waals surface area contributed by atoms with Crippen LogP contribution in [0.2, 0.25) is 0 Å². The van der Waals surface area contributed by atoms with Gasteiger partial charge in [-0.3, -0.25) is 9.69 Å². The Morgan fingerprint density at radius 2 is 2.23 bits per heavy atom. The van der Waals surface area contributed by atoms with E-state index < -0.39 is 11.4 Å². The van der Waals surface area contributed by atoms with Crippen molar-refractivity contribution >= 4 is 5.97 Å². The Balaban J connectivity index is 2.44. The minimum absolute atomic E-state index is 0.274. The first kappa shape index (κ1) is 10.5. The molecule has 4 heteroatoms. The average molecular weight is 187 g/mol. The number of nitrogens with zero attached hydrogens (tertiary/aromatic N) is 1. The number of aliphatic hydroxyl groups is 1. The summed E-state index contributed by atoms with van der Waals surface area (Å²) in [6.45, 7) is 5.34. The molecule has 0 aromatic rings. The quantitative estimate of drug-likeness (QED) is 0.661. The molecule has 13 heavy (non-hydrogen) atoms. The minimum atomic E-state index is -0.783. The van der Waals surface area contributed by atoms with Crippen LogP contribution >= 0.6 is 0 Å². The highest BCUT2D eigenvalue weighted by Gasteiger charge is 2.32. The third kappa shape index (κ3) is 2.67. The van der Waals surface area contributed by atoms with Crippen LogP contribution in [0, 0.1) is 5.41 Å². The first-order chi connectivity index (χ1) is 5.92. The van der Waals surface area contributed by atoms with Crippen LogP contribution in [0.1, 0.15) is 20.3 Å². The molecular weight excluding hydrogens is 170 g/mol. The summed E-state index contributed by atoms with van der Waals surface area (Å²) in [5, 5.41) is 18.1. The maximum Gasteiger partial charge on any atom is 0.310 e. The molecule has 1 rings (SSSR count). The van der Waals surface area contributed by atoms with E-state index in [1.54, 1.807) is 13.8 Å². The largest absolute Gasteiger partial charge is 0.481 e. The van der Waals surface area contributed by atoms with Gasteiger partial charge in [-0.15, -0.1) is 0 Å². The van der Waals surface area contributed by atoms with Gasteiger partial charge in [0.05, 0.1) is 11.5 Å². The molecule has 0 aromatic carbocycles. The zero-order chi connectivity index (χ0) is 10.1. The first-order valence-corrected chi connectivity index (χ1v) is 4.55. The number of rotatable bonds is 3. The molecule has 4 nitrogen and oxygen atoms in total. The van der Waals surface area contributed by atoms with E-state index in [2.05, 4.69) is 0 Å². The molecule has 0 bridgehead atoms. The number of aliphatic hydroxyl groups excluding tert-OH is 1. The molecule has 1 fully saturated rings. The third-order valence-electron chi connectivity index (χ3n) is 2.45. The molecule has 0 amide bonds. The van der Waals surface area contributed by atoms with Gasteiger partial charge in [-0.05, 0) is 20.3 Å². The number of carbonyl (C=O) groups is 1. The number of carboxylic acids is 1. The van der Waals surface area contributed by atoms with Gasteiger partial charge in [0.2, 0.25) is 0 Å². The molecule has 0 saturated carbocycles. The first-order valence-electron chi connectivity index (χ1n) is 4.55. The Morgan fingerprint density at radius 3 is 2.62 bits per heavy atom. The van der Waals surface area contributed by atoms with Crippen molar-refractivity contribution in [3.8, 4) is 0 Å². The Hall–Kier alpha value is -0.610. The number of likely N-dealkylation sites (tertiary alicyclic amines) is 1. The highest BCUT2D eigenvalue weighted by Crippen LogP contribution is 2.20. The maximum absolute atomic E-state index is 10.8. The zero-order valence-electron chi connectivity index (χ0n) is 8.16. The van der Waals surface area contributed by atoms with E-state index in [-0.39, 0.29) is 6.10 Å². The summed E-state index contributed by atoms with van der Waals surface area (Å²) in [5.74, 6) is -0.783. The molecule has 0 unspecified atom stereocenters. The number of aliphatic carboxylic acids is 1. The van der Waals surface area contributed by atoms with Crippen molar-refractivity contribution in [3.05, 3.63) is 0 Å². The standard InChI is InChI=1S/C9H17NO3/c1-9(2,8(12)13)6-10-4-3-7(11)5-10/h7,11H,3-6H2,1-2H3,(H,12,13)/t7-/m0/s1. The summed E-state index contributed by atoms with van der Waals surface area (Å²) in [7, 11) is 0. The van der Waals surface area contributed by atoms with Gasteiger partial charge in [-0.1, -0.05) is 0 Å². The van der Waals surface area contributed by atoms with E-state index in [0.29, 0.717) is 13.1 Å². The van der Waals surface area contributed by atoms with Crippen LogP contribution in [0.15, 0.2) is 0 Å². The fourth-order valence-electron chi connectivity index (χ4n) is 1.58. The third-order valence-corrected chi connectivity index (χ3v) is 2.45. The lowest BCUT2D eigenvalue weighted by Gasteiger charge is -2.25. The van der Waals surface area contributed by atoms with E-state index in [9.17, 15) is 9.90 Å². The molecule has 0 spiro atoms. The lowest BCUT2D eigenvalue weighted by atomic mass is 9.93. The smallest absolute Gasteiger partial charge is 0.310 e. The predicted octanol–water partition coefficient (Wildman–Crippen LogP) is 0.164. The average Bonchev–Trinajstić information content (AvgIpc) is 2.34. The van der Waals surface area contributed by atoms with Gasteiger partial charge in [0.25, 0.3) is 0 Å². The van der Waals surface area contributed by atoms with Crippen molar-refractivity contribution < 1.29 is 15.0 Å². The molecule has 1 saturated heterocycles. The number of β-amino-alcohol motifs (C(OH)–C–C–N with tert-alkyl or cyclic N) is 1. The van der Waals surface area contributed by atoms with Crippen LogP contribution in [0.25, 0.3) is 0 Å². The summed E-state index contributed by atoms with van der Waals surface area (Å²) in [5.41, 5.74) is -0.718. The van der Waals surface area contributed by atoms with Gasteiger partial charge in [0.15, 0.2) is 0 Å². The SMILES string of the molecule is CC(C)(CN1CC[C@H](O)C1)C(=O)O. The maximum atomic E-state index is 10.8. The molecule has 1 aliphatic heterocycles. The number of hydrogen-bond acceptors (Lipinski definition) is 3. The van der Waals surface area contributed by atoms with Crippen molar-refractivity contribution in [3.63, 3.8) is 0 Å². The van der Waals surface area contributed by atoms with Crippen LogP contribution < -0.4 is 0 Å². The van der Waals surface area contributed by atoms with E-state index in [1.807, 2.05) is 4.90 Å². The van der Waals surface area contributed by atoms with E-state index in [1.165, 1.54) is 0 Å². The molecular formula is C9H17NO3. The van der Waals surface area contributed by atoms with Gasteiger partial charge < -0.3 is 10.2 Å². The van der Waals surface area contributed by atoms with E-state index >= 15 is 0 Å². The molecule has 1 heterocycles. The van der Waals surface area contributed by atoms with Gasteiger partial charge in [0, 0.05) is 19.6 Å². The predicted molar refractivity (Wildman–Crippen MR) is 48.5 cm³/mol. The van der Waals surface area contributed by atoms with Crippen LogP contribution in [0.5, 0.6) is 0 Å². The highest BCUT2D eigenvalue weighted by molar-refractivity contribution is 5.73. The fourth-order valence-corrected chi connectivity index (χ4v) is 1.58. The topological polar surface area (TPSA) is 60.8 Å². The number of carboxylic acid groups (broad SMARTS) is 1. The van der Waals surface area contributed by atoms with Crippen LogP contribution in [-0.4, -0.2) is 46.8 Å². The molecule has 0 aliphatic carbocycles. The van der Waals surface area contributed by atoms with E-state index in [4.69, 9.17) is 5.11 Å². The Morgan fingerprint density at radius 1 is 1.62 bits per heavy atom. The van der Waals surface area contributed by atoms with Gasteiger partial charge in [-0.25, -0.2) is 0 Å². The van der Waals surface area contributed by atoms with Crippen LogP contribution in [0.3, 0.4) is 0 Å². The summed E-state index contributed by atoms with van der Waals surface area (Å²) in [4.78, 5) is 12.8. The second kappa shape index (κ2) is 3.64. The Labute approximate surface area is 78.2 Å². The highest BCUT2D eigenvalue weighted by atomic mass is 16.4. The van der Waals surface area contributed by atoms with E-state index in [0.717, 1.165) is 13.0 Å². The fraction of sp³-hybridized carbons (Fsp3) is 0.889. The van der Waals surface area contributed by atoms with Crippen LogP contribution in [0.4, 0.5) is 0 Å². The second-order valence-corrected chi connectivity index (χ2v) is 4.37. The molecule has 1 aliphatic rings. The zero-order valence-corrected chi connectivity index (χ0v) is 8.16. The monoisotopic (exact) mass is 187 g/mol. The van der Waals surface area contributed by atoms with Gasteiger partial charge in [0.1, 0.15) is 0 Å². The number of hydrogen-bond donors (Lipinski definition) is 2. The van der Waals surface area contributed by atoms with Crippen molar-refractivity contribution in [2.45, 2.75) is 26.4 Å². The summed E-state index contributed by atoms with van der Waals surface area (Å²) < 4.78 is 0. The lowest BCUT2D eigenvalue weighted by Crippen LogP contribution is -2.38.